The van der Waals surface area contributed by atoms with Crippen molar-refractivity contribution in [2.75, 3.05) is 6.61 Å². The first-order chi connectivity index (χ1) is 6.48. The molecule has 3 aliphatic rings. The Morgan fingerprint density at radius 1 is 1.43 bits per heavy atom. The van der Waals surface area contributed by atoms with Gasteiger partial charge in [-0.05, 0) is 36.0 Å². The van der Waals surface area contributed by atoms with Crippen molar-refractivity contribution in [1.82, 2.24) is 0 Å². The maximum Gasteiger partial charge on any atom is 0.161 e. The van der Waals surface area contributed by atoms with Crippen LogP contribution in [0.1, 0.15) is 33.6 Å². The summed E-state index contributed by atoms with van der Waals surface area (Å²) in [6.07, 6.45) is 2.30. The number of carbonyl (C=O) groups is 1. The van der Waals surface area contributed by atoms with Crippen LogP contribution in [0.15, 0.2) is 0 Å². The Kier molecular flexibility index (Phi) is 2.22. The molecule has 4 atom stereocenters. The minimum absolute atomic E-state index is 0.0581. The van der Waals surface area contributed by atoms with Crippen molar-refractivity contribution >= 4 is 5.78 Å². The molecule has 3 aliphatic carbocycles. The molecule has 3 rings (SSSR count). The van der Waals surface area contributed by atoms with Crippen LogP contribution >= 0.6 is 0 Å². The molecule has 0 aliphatic heterocycles. The summed E-state index contributed by atoms with van der Waals surface area (Å²) in [5.74, 6) is 2.07. The lowest BCUT2D eigenvalue weighted by Gasteiger charge is -2.61. The lowest BCUT2D eigenvalue weighted by Crippen LogP contribution is -2.56. The largest absolute Gasteiger partial charge is 0.389 e. The van der Waals surface area contributed by atoms with E-state index in [-0.39, 0.29) is 18.3 Å². The molecule has 3 fully saturated rings. The van der Waals surface area contributed by atoms with E-state index in [1.54, 1.807) is 0 Å². The Hall–Kier alpha value is -0.370. The van der Waals surface area contributed by atoms with Gasteiger partial charge in [0.2, 0.25) is 0 Å². The van der Waals surface area contributed by atoms with Crippen LogP contribution in [0.4, 0.5) is 0 Å². The number of ketones is 1. The van der Waals surface area contributed by atoms with E-state index in [0.29, 0.717) is 23.2 Å². The van der Waals surface area contributed by atoms with Crippen LogP contribution in [0.5, 0.6) is 0 Å². The van der Waals surface area contributed by atoms with Crippen molar-refractivity contribution < 1.29 is 9.90 Å². The van der Waals surface area contributed by atoms with Crippen LogP contribution in [0.3, 0.4) is 0 Å². The summed E-state index contributed by atoms with van der Waals surface area (Å²) in [5, 5.41) is 8.89. The SMILES string of the molecule is CC1C(C(=O)CO)CC2CC1C2(C)C. The lowest BCUT2D eigenvalue weighted by molar-refractivity contribution is -0.154. The number of hydrogen-bond donors (Lipinski definition) is 1. The predicted molar refractivity (Wildman–Crippen MR) is 54.7 cm³/mol. The molecule has 4 unspecified atom stereocenters. The maximum atomic E-state index is 11.5. The van der Waals surface area contributed by atoms with Crippen molar-refractivity contribution in [3.63, 3.8) is 0 Å². The van der Waals surface area contributed by atoms with Crippen molar-refractivity contribution in [2.24, 2.45) is 29.1 Å². The van der Waals surface area contributed by atoms with Gasteiger partial charge in [0.15, 0.2) is 5.78 Å². The van der Waals surface area contributed by atoms with Crippen LogP contribution < -0.4 is 0 Å². The highest BCUT2D eigenvalue weighted by atomic mass is 16.3. The topological polar surface area (TPSA) is 37.3 Å². The van der Waals surface area contributed by atoms with Gasteiger partial charge in [-0.2, -0.15) is 0 Å². The average molecular weight is 196 g/mol. The van der Waals surface area contributed by atoms with Crippen LogP contribution in [0.2, 0.25) is 0 Å². The summed E-state index contributed by atoms with van der Waals surface area (Å²) in [4.78, 5) is 11.5. The van der Waals surface area contributed by atoms with Gasteiger partial charge in [0.25, 0.3) is 0 Å². The molecule has 80 valence electrons. The molecule has 0 radical (unpaired) electrons. The molecular formula is C12H20O2. The molecule has 0 aromatic heterocycles. The van der Waals surface area contributed by atoms with Gasteiger partial charge in [0, 0.05) is 5.92 Å². The Bertz CT molecular complexity index is 257. The Balaban J connectivity index is 2.12. The fraction of sp³-hybridized carbons (Fsp3) is 0.917. The molecule has 2 nitrogen and oxygen atoms in total. The second-order valence-electron chi connectivity index (χ2n) is 5.69. The minimum atomic E-state index is -0.269. The summed E-state index contributed by atoms with van der Waals surface area (Å²) >= 11 is 0. The number of carbonyl (C=O) groups excluding carboxylic acids is 1. The van der Waals surface area contributed by atoms with Crippen molar-refractivity contribution in [2.45, 2.75) is 33.6 Å². The third-order valence-corrected chi connectivity index (χ3v) is 4.92. The van der Waals surface area contributed by atoms with E-state index in [9.17, 15) is 4.79 Å². The molecule has 0 spiro atoms. The van der Waals surface area contributed by atoms with Crippen molar-refractivity contribution in [3.05, 3.63) is 0 Å². The van der Waals surface area contributed by atoms with Crippen LogP contribution in [0, 0.1) is 29.1 Å². The van der Waals surface area contributed by atoms with E-state index in [2.05, 4.69) is 20.8 Å². The molecule has 14 heavy (non-hydrogen) atoms. The van der Waals surface area contributed by atoms with Crippen molar-refractivity contribution in [1.29, 1.82) is 0 Å². The normalized spacial score (nSPS) is 44.3. The van der Waals surface area contributed by atoms with E-state index in [4.69, 9.17) is 5.11 Å². The molecule has 0 aromatic carbocycles. The van der Waals surface area contributed by atoms with Crippen molar-refractivity contribution in [3.8, 4) is 0 Å². The van der Waals surface area contributed by atoms with E-state index < -0.39 is 0 Å². The second-order valence-corrected chi connectivity index (χ2v) is 5.69. The molecule has 1 N–H and O–H groups in total. The summed E-state index contributed by atoms with van der Waals surface area (Å²) in [7, 11) is 0. The lowest BCUT2D eigenvalue weighted by atomic mass is 9.43. The first kappa shape index (κ1) is 10.2. The highest BCUT2D eigenvalue weighted by molar-refractivity contribution is 5.82. The summed E-state index contributed by atoms with van der Waals surface area (Å²) in [6.45, 7) is 6.55. The van der Waals surface area contributed by atoms with Gasteiger partial charge in [-0.15, -0.1) is 0 Å². The molecule has 0 aromatic rings. The molecule has 3 saturated carbocycles. The maximum absolute atomic E-state index is 11.5. The smallest absolute Gasteiger partial charge is 0.161 e. The van der Waals surface area contributed by atoms with E-state index in [1.807, 2.05) is 0 Å². The molecule has 0 heterocycles. The van der Waals surface area contributed by atoms with Crippen LogP contribution in [-0.4, -0.2) is 17.5 Å². The number of rotatable bonds is 2. The molecule has 2 heteroatoms. The Labute approximate surface area is 85.7 Å². The fourth-order valence-electron chi connectivity index (χ4n) is 3.69. The van der Waals surface area contributed by atoms with E-state index >= 15 is 0 Å². The summed E-state index contributed by atoms with van der Waals surface area (Å²) in [5.41, 5.74) is 0.436. The monoisotopic (exact) mass is 196 g/mol. The third-order valence-electron chi connectivity index (χ3n) is 4.92. The van der Waals surface area contributed by atoms with Crippen LogP contribution in [-0.2, 0) is 4.79 Å². The van der Waals surface area contributed by atoms with Gasteiger partial charge in [-0.3, -0.25) is 4.79 Å². The number of hydrogen-bond acceptors (Lipinski definition) is 2. The summed E-state index contributed by atoms with van der Waals surface area (Å²) < 4.78 is 0. The van der Waals surface area contributed by atoms with Gasteiger partial charge < -0.3 is 5.11 Å². The first-order valence-corrected chi connectivity index (χ1v) is 5.62. The molecular weight excluding hydrogens is 176 g/mol. The number of aliphatic hydroxyl groups is 1. The number of Topliss-reactive ketones (excluding diaryl/α,β-unsaturated/α-hetero) is 1. The zero-order valence-electron chi connectivity index (χ0n) is 9.29. The number of aliphatic hydroxyl groups excluding tert-OH is 1. The fourth-order valence-corrected chi connectivity index (χ4v) is 3.69. The number of fused-ring (bicyclic) bond motifs is 2. The predicted octanol–water partition coefficient (Wildman–Crippen LogP) is 1.87. The quantitative estimate of drug-likeness (QED) is 0.732. The third kappa shape index (κ3) is 1.16. The zero-order valence-corrected chi connectivity index (χ0v) is 9.29. The van der Waals surface area contributed by atoms with E-state index in [1.165, 1.54) is 6.42 Å². The zero-order chi connectivity index (χ0) is 10.5. The van der Waals surface area contributed by atoms with Gasteiger partial charge in [-0.1, -0.05) is 20.8 Å². The molecule has 2 bridgehead atoms. The van der Waals surface area contributed by atoms with Gasteiger partial charge >= 0.3 is 0 Å². The Morgan fingerprint density at radius 3 is 2.50 bits per heavy atom. The average Bonchev–Trinajstić information content (AvgIpc) is 2.16. The highest BCUT2D eigenvalue weighted by Crippen LogP contribution is 2.62. The first-order valence-electron chi connectivity index (χ1n) is 5.62. The minimum Gasteiger partial charge on any atom is -0.389 e. The highest BCUT2D eigenvalue weighted by Gasteiger charge is 2.57. The summed E-state index contributed by atoms with van der Waals surface area (Å²) in [6, 6.07) is 0. The van der Waals surface area contributed by atoms with Crippen LogP contribution in [0.25, 0.3) is 0 Å². The van der Waals surface area contributed by atoms with Gasteiger partial charge in [0.05, 0.1) is 0 Å². The van der Waals surface area contributed by atoms with E-state index in [0.717, 1.165) is 6.42 Å². The second kappa shape index (κ2) is 3.06. The molecule has 0 amide bonds. The standard InChI is InChI=1S/C12H20O2/c1-7-9(11(14)6-13)4-8-5-10(7)12(8,2)3/h7-10,13H,4-6H2,1-3H3. The molecule has 0 saturated heterocycles. The van der Waals surface area contributed by atoms with Gasteiger partial charge in [-0.25, -0.2) is 0 Å². The Morgan fingerprint density at radius 2 is 2.07 bits per heavy atom. The van der Waals surface area contributed by atoms with Gasteiger partial charge in [0.1, 0.15) is 6.61 Å².